The van der Waals surface area contributed by atoms with Crippen LogP contribution in [0.3, 0.4) is 0 Å². The maximum absolute atomic E-state index is 13.1. The van der Waals surface area contributed by atoms with E-state index in [9.17, 15) is 4.79 Å². The molecule has 0 amide bonds. The van der Waals surface area contributed by atoms with Crippen molar-refractivity contribution in [3.05, 3.63) is 87.6 Å². The molecule has 0 saturated carbocycles. The number of halogens is 1. The van der Waals surface area contributed by atoms with Gasteiger partial charge in [-0.2, -0.15) is 0 Å². The van der Waals surface area contributed by atoms with Crippen LogP contribution < -0.4 is 5.56 Å². The SMILES string of the molecule is Cc1nc(-c2ccc(Cl)cc2)nc2sc3c(=O)n(CCCc4ccccc4)cnc3c12. The minimum absolute atomic E-state index is 0.0199. The Bertz CT molecular complexity index is 1440. The summed E-state index contributed by atoms with van der Waals surface area (Å²) in [6.45, 7) is 2.56. The van der Waals surface area contributed by atoms with Crippen LogP contribution >= 0.6 is 22.9 Å². The van der Waals surface area contributed by atoms with Gasteiger partial charge in [-0.1, -0.05) is 41.9 Å². The Kier molecular flexibility index (Phi) is 5.26. The second-order valence-electron chi connectivity index (χ2n) is 7.43. The van der Waals surface area contributed by atoms with Crippen LogP contribution in [0.1, 0.15) is 17.7 Å². The van der Waals surface area contributed by atoms with Crippen molar-refractivity contribution in [2.45, 2.75) is 26.3 Å². The minimum atomic E-state index is -0.0199. The van der Waals surface area contributed by atoms with Gasteiger partial charge in [-0.25, -0.2) is 15.0 Å². The lowest BCUT2D eigenvalue weighted by Gasteiger charge is -2.05. The van der Waals surface area contributed by atoms with E-state index in [1.165, 1.54) is 16.9 Å². The van der Waals surface area contributed by atoms with Crippen molar-refractivity contribution >= 4 is 43.4 Å². The zero-order valence-corrected chi connectivity index (χ0v) is 18.5. The molecule has 0 aliphatic rings. The summed E-state index contributed by atoms with van der Waals surface area (Å²) < 4.78 is 2.33. The van der Waals surface area contributed by atoms with Crippen LogP contribution in [0.4, 0.5) is 0 Å². The third-order valence-corrected chi connectivity index (χ3v) is 6.61. The Morgan fingerprint density at radius 2 is 1.81 bits per heavy atom. The Hall–Kier alpha value is -3.09. The molecule has 3 aromatic heterocycles. The molecule has 2 aromatic carbocycles. The van der Waals surface area contributed by atoms with Crippen molar-refractivity contribution in [3.8, 4) is 11.4 Å². The number of benzene rings is 2. The van der Waals surface area contributed by atoms with Gasteiger partial charge in [0, 0.05) is 17.1 Å². The fraction of sp³-hybridized carbons (Fsp3) is 0.167. The van der Waals surface area contributed by atoms with E-state index in [1.54, 1.807) is 10.9 Å². The van der Waals surface area contributed by atoms with Gasteiger partial charge in [0.25, 0.3) is 5.56 Å². The smallest absolute Gasteiger partial charge is 0.271 e. The highest BCUT2D eigenvalue weighted by Gasteiger charge is 2.17. The molecule has 0 atom stereocenters. The normalized spacial score (nSPS) is 11.4. The number of hydrogen-bond acceptors (Lipinski definition) is 5. The summed E-state index contributed by atoms with van der Waals surface area (Å²) in [5, 5.41) is 1.52. The molecule has 0 aliphatic carbocycles. The van der Waals surface area contributed by atoms with Gasteiger partial charge < -0.3 is 0 Å². The molecule has 5 nitrogen and oxygen atoms in total. The first kappa shape index (κ1) is 19.8. The summed E-state index contributed by atoms with van der Waals surface area (Å²) >= 11 is 7.38. The Balaban J connectivity index is 1.50. The summed E-state index contributed by atoms with van der Waals surface area (Å²) in [5.41, 5.74) is 3.64. The average molecular weight is 447 g/mol. The van der Waals surface area contributed by atoms with Gasteiger partial charge in [-0.15, -0.1) is 11.3 Å². The Labute approximate surface area is 188 Å². The van der Waals surface area contributed by atoms with E-state index in [4.69, 9.17) is 16.6 Å². The van der Waals surface area contributed by atoms with Gasteiger partial charge in [0.15, 0.2) is 5.82 Å². The fourth-order valence-electron chi connectivity index (χ4n) is 3.72. The number of rotatable bonds is 5. The summed E-state index contributed by atoms with van der Waals surface area (Å²) in [6.07, 6.45) is 3.45. The molecule has 3 heterocycles. The van der Waals surface area contributed by atoms with Crippen LogP contribution in [0, 0.1) is 6.92 Å². The first-order valence-corrected chi connectivity index (χ1v) is 11.3. The summed E-state index contributed by atoms with van der Waals surface area (Å²) in [4.78, 5) is 27.9. The molecule has 0 unspecified atom stereocenters. The molecule has 0 N–H and O–H groups in total. The van der Waals surface area contributed by atoms with Gasteiger partial charge in [-0.3, -0.25) is 9.36 Å². The molecule has 0 bridgehead atoms. The van der Waals surface area contributed by atoms with Gasteiger partial charge in [-0.05, 0) is 49.6 Å². The lowest BCUT2D eigenvalue weighted by molar-refractivity contribution is 0.618. The monoisotopic (exact) mass is 446 g/mol. The van der Waals surface area contributed by atoms with Crippen molar-refractivity contribution in [1.82, 2.24) is 19.5 Å². The number of aromatic nitrogens is 4. The Morgan fingerprint density at radius 1 is 1.03 bits per heavy atom. The number of aryl methyl sites for hydroxylation is 3. The van der Waals surface area contributed by atoms with Crippen LogP contribution in [-0.2, 0) is 13.0 Å². The predicted molar refractivity (Wildman–Crippen MR) is 127 cm³/mol. The summed E-state index contributed by atoms with van der Waals surface area (Å²) in [5.74, 6) is 0.622. The molecule has 5 aromatic rings. The highest BCUT2D eigenvalue weighted by atomic mass is 35.5. The largest absolute Gasteiger partial charge is 0.298 e. The molecule has 0 spiro atoms. The van der Waals surface area contributed by atoms with Crippen molar-refractivity contribution in [2.75, 3.05) is 0 Å². The quantitative estimate of drug-likeness (QED) is 0.349. The van der Waals surface area contributed by atoms with Crippen LogP contribution in [-0.4, -0.2) is 19.5 Å². The third kappa shape index (κ3) is 3.84. The maximum Gasteiger partial charge on any atom is 0.271 e. The number of fused-ring (bicyclic) bond motifs is 3. The van der Waals surface area contributed by atoms with Crippen molar-refractivity contribution in [2.24, 2.45) is 0 Å². The number of hydrogen-bond donors (Lipinski definition) is 0. The first-order chi connectivity index (χ1) is 15.1. The molecule has 0 radical (unpaired) electrons. The number of nitrogens with zero attached hydrogens (tertiary/aromatic N) is 4. The van der Waals surface area contributed by atoms with Crippen LogP contribution in [0.5, 0.6) is 0 Å². The highest BCUT2D eigenvalue weighted by molar-refractivity contribution is 7.25. The molecule has 7 heteroatoms. The van der Waals surface area contributed by atoms with E-state index >= 15 is 0 Å². The minimum Gasteiger partial charge on any atom is -0.298 e. The molecule has 154 valence electrons. The number of thiophene rings is 1. The molecular formula is C24H19ClN4OS. The van der Waals surface area contributed by atoms with Crippen LogP contribution in [0.25, 0.3) is 31.8 Å². The van der Waals surface area contributed by atoms with Crippen molar-refractivity contribution < 1.29 is 0 Å². The molecule has 0 saturated heterocycles. The predicted octanol–water partition coefficient (Wildman–Crippen LogP) is 5.66. The van der Waals surface area contributed by atoms with Gasteiger partial charge in [0.05, 0.1) is 22.9 Å². The molecule has 31 heavy (non-hydrogen) atoms. The topological polar surface area (TPSA) is 60.7 Å². The lowest BCUT2D eigenvalue weighted by atomic mass is 10.1. The average Bonchev–Trinajstić information content (AvgIpc) is 3.16. The van der Waals surface area contributed by atoms with Crippen molar-refractivity contribution in [3.63, 3.8) is 0 Å². The fourth-order valence-corrected chi connectivity index (χ4v) is 4.97. The van der Waals surface area contributed by atoms with Crippen molar-refractivity contribution in [1.29, 1.82) is 0 Å². The van der Waals surface area contributed by atoms with E-state index in [0.717, 1.165) is 34.3 Å². The Morgan fingerprint density at radius 3 is 2.58 bits per heavy atom. The van der Waals surface area contributed by atoms with E-state index < -0.39 is 0 Å². The van der Waals surface area contributed by atoms with E-state index in [2.05, 4.69) is 22.1 Å². The van der Waals surface area contributed by atoms with Gasteiger partial charge >= 0.3 is 0 Å². The second kappa shape index (κ2) is 8.21. The van der Waals surface area contributed by atoms with Crippen LogP contribution in [0.15, 0.2) is 65.7 Å². The summed E-state index contributed by atoms with van der Waals surface area (Å²) in [6, 6.07) is 17.7. The van der Waals surface area contributed by atoms with E-state index in [0.29, 0.717) is 27.6 Å². The molecule has 0 aliphatic heterocycles. The highest BCUT2D eigenvalue weighted by Crippen LogP contribution is 2.32. The van der Waals surface area contributed by atoms with Gasteiger partial charge in [0.2, 0.25) is 0 Å². The third-order valence-electron chi connectivity index (χ3n) is 5.30. The standard InChI is InChI=1S/C24H19ClN4OS/c1-15-19-20-21(31-23(19)28-22(27-15)17-9-11-18(25)12-10-17)24(30)29(14-26-20)13-5-8-16-6-3-2-4-7-16/h2-4,6-7,9-12,14H,5,8,13H2,1H3. The lowest BCUT2D eigenvalue weighted by Crippen LogP contribution is -2.20. The zero-order chi connectivity index (χ0) is 21.4. The molecule has 0 fully saturated rings. The van der Waals surface area contributed by atoms with E-state index in [1.807, 2.05) is 49.4 Å². The van der Waals surface area contributed by atoms with Crippen LogP contribution in [0.2, 0.25) is 5.02 Å². The maximum atomic E-state index is 13.1. The zero-order valence-electron chi connectivity index (χ0n) is 16.9. The molecular weight excluding hydrogens is 428 g/mol. The summed E-state index contributed by atoms with van der Waals surface area (Å²) in [7, 11) is 0. The van der Waals surface area contributed by atoms with E-state index in [-0.39, 0.29) is 5.56 Å². The molecule has 5 rings (SSSR count). The second-order valence-corrected chi connectivity index (χ2v) is 8.87. The first-order valence-electron chi connectivity index (χ1n) is 10.1. The van der Waals surface area contributed by atoms with Gasteiger partial charge in [0.1, 0.15) is 9.53 Å².